The van der Waals surface area contributed by atoms with E-state index in [0.29, 0.717) is 0 Å². The predicted octanol–water partition coefficient (Wildman–Crippen LogP) is 4.47. The number of halogens is 11. The van der Waals surface area contributed by atoms with Crippen LogP contribution in [0.25, 0.3) is 0 Å². The monoisotopic (exact) mass is 328 g/mol. The third-order valence-electron chi connectivity index (χ3n) is 2.02. The van der Waals surface area contributed by atoms with E-state index in [1.54, 1.807) is 0 Å². The van der Waals surface area contributed by atoms with Crippen molar-refractivity contribution in [1.82, 2.24) is 0 Å². The van der Waals surface area contributed by atoms with Crippen molar-refractivity contribution in [3.63, 3.8) is 0 Å². The Hall–Kier alpha value is -0.810. The number of rotatable bonds is 5. The highest BCUT2D eigenvalue weighted by molar-refractivity contribution is 5.04. The fourth-order valence-corrected chi connectivity index (χ4v) is 0.986. The summed E-state index contributed by atoms with van der Waals surface area (Å²) >= 11 is 0. The molecule has 0 aromatic rings. The van der Waals surface area contributed by atoms with Gasteiger partial charge in [-0.05, 0) is 6.42 Å². The molecule has 0 N–H and O–H groups in total. The summed E-state index contributed by atoms with van der Waals surface area (Å²) in [5.74, 6) is -20.8. The molecular weight excluding hydrogens is 321 g/mol. The van der Waals surface area contributed by atoms with Crippen LogP contribution in [-0.2, 0) is 4.74 Å². The minimum atomic E-state index is -7.08. The first kappa shape index (κ1) is 19.2. The van der Waals surface area contributed by atoms with Crippen molar-refractivity contribution in [2.75, 3.05) is 6.61 Å². The van der Waals surface area contributed by atoms with Gasteiger partial charge in [0.1, 0.15) is 0 Å². The van der Waals surface area contributed by atoms with Gasteiger partial charge in [-0.1, -0.05) is 6.92 Å². The lowest BCUT2D eigenvalue weighted by Crippen LogP contribution is -2.69. The van der Waals surface area contributed by atoms with Gasteiger partial charge in [-0.15, -0.1) is 0 Å². The molecule has 0 aromatic heterocycles. The summed E-state index contributed by atoms with van der Waals surface area (Å²) in [4.78, 5) is 0. The highest BCUT2D eigenvalue weighted by Gasteiger charge is 2.87. The van der Waals surface area contributed by atoms with Crippen LogP contribution in [0.5, 0.6) is 0 Å². The van der Waals surface area contributed by atoms with Crippen LogP contribution in [0.4, 0.5) is 48.3 Å². The van der Waals surface area contributed by atoms with Gasteiger partial charge in [0.2, 0.25) is 0 Å². The Morgan fingerprint density at radius 3 is 1.15 bits per heavy atom. The molecule has 20 heavy (non-hydrogen) atoms. The molecule has 0 amide bonds. The zero-order chi connectivity index (χ0) is 16.6. The van der Waals surface area contributed by atoms with Crippen LogP contribution in [0.2, 0.25) is 0 Å². The molecule has 0 saturated heterocycles. The van der Waals surface area contributed by atoms with Crippen molar-refractivity contribution >= 4 is 0 Å². The van der Waals surface area contributed by atoms with Crippen LogP contribution in [0.1, 0.15) is 13.3 Å². The Balaban J connectivity index is 6.01. The summed E-state index contributed by atoms with van der Waals surface area (Å²) < 4.78 is 139. The van der Waals surface area contributed by atoms with E-state index in [1.165, 1.54) is 0 Å². The topological polar surface area (TPSA) is 9.23 Å². The maximum absolute atomic E-state index is 13.4. The van der Waals surface area contributed by atoms with Gasteiger partial charge in [0, 0.05) is 0 Å². The normalized spacial score (nSPS) is 15.6. The highest BCUT2D eigenvalue weighted by Crippen LogP contribution is 2.57. The SMILES string of the molecule is CCCOC(F)(C(F)(F)C(F)(F)F)C(F)(F)C(F)(F)F. The molecule has 0 radical (unpaired) electrons. The predicted molar refractivity (Wildman–Crippen MR) is 42.1 cm³/mol. The van der Waals surface area contributed by atoms with Crippen molar-refractivity contribution in [2.24, 2.45) is 0 Å². The molecule has 0 atom stereocenters. The minimum Gasteiger partial charge on any atom is -0.336 e. The highest BCUT2D eigenvalue weighted by atomic mass is 19.4. The molecule has 0 unspecified atom stereocenters. The molecule has 0 aliphatic heterocycles. The average molecular weight is 328 g/mol. The maximum Gasteiger partial charge on any atom is 0.459 e. The Morgan fingerprint density at radius 1 is 0.650 bits per heavy atom. The van der Waals surface area contributed by atoms with Gasteiger partial charge in [-0.3, -0.25) is 0 Å². The Kier molecular flexibility index (Phi) is 4.98. The minimum absolute atomic E-state index is 0.576. The van der Waals surface area contributed by atoms with Crippen LogP contribution < -0.4 is 0 Å². The molecule has 12 heteroatoms. The van der Waals surface area contributed by atoms with E-state index in [1.807, 2.05) is 0 Å². The lowest BCUT2D eigenvalue weighted by molar-refractivity contribution is -0.466. The lowest BCUT2D eigenvalue weighted by Gasteiger charge is -2.39. The summed E-state index contributed by atoms with van der Waals surface area (Å²) in [6, 6.07) is 0. The van der Waals surface area contributed by atoms with Crippen LogP contribution in [0, 0.1) is 0 Å². The van der Waals surface area contributed by atoms with E-state index in [-0.39, 0.29) is 0 Å². The Morgan fingerprint density at radius 2 is 0.950 bits per heavy atom. The third kappa shape index (κ3) is 2.79. The largest absolute Gasteiger partial charge is 0.459 e. The molecule has 0 saturated carbocycles. The van der Waals surface area contributed by atoms with Crippen LogP contribution >= 0.6 is 0 Å². The van der Waals surface area contributed by atoms with E-state index in [0.717, 1.165) is 6.92 Å². The van der Waals surface area contributed by atoms with Crippen LogP contribution in [0.3, 0.4) is 0 Å². The van der Waals surface area contributed by atoms with Crippen LogP contribution in [-0.4, -0.2) is 36.7 Å². The summed E-state index contributed by atoms with van der Waals surface area (Å²) in [5.41, 5.74) is 0. The van der Waals surface area contributed by atoms with E-state index >= 15 is 0 Å². The fraction of sp³-hybridized carbons (Fsp3) is 1.00. The summed E-state index contributed by atoms with van der Waals surface area (Å²) in [6.45, 7) is -0.536. The first-order valence-corrected chi connectivity index (χ1v) is 4.78. The van der Waals surface area contributed by atoms with E-state index in [2.05, 4.69) is 4.74 Å². The maximum atomic E-state index is 13.4. The van der Waals surface area contributed by atoms with Gasteiger partial charge in [0.05, 0.1) is 6.61 Å². The average Bonchev–Trinajstić information content (AvgIpc) is 2.22. The van der Waals surface area contributed by atoms with Gasteiger partial charge < -0.3 is 4.74 Å². The number of alkyl halides is 11. The number of hydrogen-bond acceptors (Lipinski definition) is 1. The van der Waals surface area contributed by atoms with Crippen molar-refractivity contribution < 1.29 is 53.0 Å². The molecule has 0 heterocycles. The molecule has 122 valence electrons. The second kappa shape index (κ2) is 5.19. The standard InChI is InChI=1S/C8H7F11O/c1-2-3-20-6(13,4(9,10)7(14,15)16)5(11,12)8(17,18)19/h2-3H2,1H3. The van der Waals surface area contributed by atoms with Crippen LogP contribution in [0.15, 0.2) is 0 Å². The third-order valence-corrected chi connectivity index (χ3v) is 2.02. The van der Waals surface area contributed by atoms with Gasteiger partial charge in [0.25, 0.3) is 0 Å². The van der Waals surface area contributed by atoms with Crippen molar-refractivity contribution in [2.45, 2.75) is 43.4 Å². The van der Waals surface area contributed by atoms with Crippen molar-refractivity contribution in [3.8, 4) is 0 Å². The molecule has 0 aliphatic rings. The second-order valence-corrected chi connectivity index (χ2v) is 3.59. The zero-order valence-corrected chi connectivity index (χ0v) is 9.48. The lowest BCUT2D eigenvalue weighted by atomic mass is 10.0. The quantitative estimate of drug-likeness (QED) is 0.677. The van der Waals surface area contributed by atoms with Gasteiger partial charge in [-0.25, -0.2) is 0 Å². The van der Waals surface area contributed by atoms with E-state index in [4.69, 9.17) is 0 Å². The second-order valence-electron chi connectivity index (χ2n) is 3.59. The first-order valence-electron chi connectivity index (χ1n) is 4.78. The number of ether oxygens (including phenoxy) is 1. The molecule has 0 fully saturated rings. The molecular formula is C8H7F11O. The molecule has 0 spiro atoms. The van der Waals surface area contributed by atoms with E-state index in [9.17, 15) is 48.3 Å². The van der Waals surface area contributed by atoms with Gasteiger partial charge in [-0.2, -0.15) is 48.3 Å². The molecule has 0 rings (SSSR count). The van der Waals surface area contributed by atoms with Gasteiger partial charge >= 0.3 is 30.1 Å². The molecule has 0 bridgehead atoms. The van der Waals surface area contributed by atoms with E-state index < -0.39 is 43.1 Å². The first-order chi connectivity index (χ1) is 8.56. The smallest absolute Gasteiger partial charge is 0.336 e. The Bertz CT molecular complexity index is 302. The fourth-order valence-electron chi connectivity index (χ4n) is 0.986. The van der Waals surface area contributed by atoms with Crippen molar-refractivity contribution in [3.05, 3.63) is 0 Å². The zero-order valence-electron chi connectivity index (χ0n) is 9.48. The van der Waals surface area contributed by atoms with Crippen molar-refractivity contribution in [1.29, 1.82) is 0 Å². The molecule has 1 nitrogen and oxygen atoms in total. The molecule has 0 aliphatic carbocycles. The number of hydrogen-bond donors (Lipinski definition) is 0. The summed E-state index contributed by atoms with van der Waals surface area (Å²) in [7, 11) is 0. The molecule has 0 aromatic carbocycles. The Labute approximate surface area is 104 Å². The summed E-state index contributed by atoms with van der Waals surface area (Å²) in [6.07, 6.45) is -14.6. The summed E-state index contributed by atoms with van der Waals surface area (Å²) in [5, 5.41) is 0. The van der Waals surface area contributed by atoms with Gasteiger partial charge in [0.15, 0.2) is 0 Å².